The van der Waals surface area contributed by atoms with Gasteiger partial charge in [-0.25, -0.2) is 4.79 Å². The molecule has 0 spiro atoms. The molecule has 38 heavy (non-hydrogen) atoms. The Kier molecular flexibility index (Phi) is 7.08. The largest absolute Gasteiger partial charge is 0.497 e. The molecule has 194 valence electrons. The monoisotopic (exact) mass is 513 g/mol. The SMILES string of the molecule is COc1ccc(-c2cccc(COC(=O)NCc3ccc4c(c3)C(=O)N(C3CCC(=O)NC3=O)C4)c2)cc1. The van der Waals surface area contributed by atoms with E-state index in [1.54, 1.807) is 13.2 Å². The number of piperidine rings is 1. The number of imide groups is 1. The van der Waals surface area contributed by atoms with Crippen molar-refractivity contribution in [2.24, 2.45) is 0 Å². The van der Waals surface area contributed by atoms with E-state index in [0.29, 0.717) is 18.5 Å². The molecule has 1 atom stereocenters. The van der Waals surface area contributed by atoms with Gasteiger partial charge in [-0.2, -0.15) is 0 Å². The van der Waals surface area contributed by atoms with Crippen LogP contribution in [-0.4, -0.2) is 41.9 Å². The van der Waals surface area contributed by atoms with Crippen LogP contribution in [0.5, 0.6) is 5.75 Å². The molecule has 1 fully saturated rings. The Bertz CT molecular complexity index is 1400. The number of methoxy groups -OCH3 is 1. The quantitative estimate of drug-likeness (QED) is 0.467. The van der Waals surface area contributed by atoms with Crippen molar-refractivity contribution in [3.05, 3.63) is 89.0 Å². The minimum atomic E-state index is -0.660. The van der Waals surface area contributed by atoms with Gasteiger partial charge in [0.25, 0.3) is 5.91 Å². The predicted octanol–water partition coefficient (Wildman–Crippen LogP) is 3.55. The maximum absolute atomic E-state index is 13.0. The fourth-order valence-corrected chi connectivity index (χ4v) is 4.71. The van der Waals surface area contributed by atoms with E-state index in [4.69, 9.17) is 9.47 Å². The second-order valence-electron chi connectivity index (χ2n) is 9.25. The van der Waals surface area contributed by atoms with Gasteiger partial charge in [0.1, 0.15) is 18.4 Å². The minimum Gasteiger partial charge on any atom is -0.497 e. The fraction of sp³-hybridized carbons (Fsp3) is 0.241. The predicted molar refractivity (Wildman–Crippen MR) is 138 cm³/mol. The summed E-state index contributed by atoms with van der Waals surface area (Å²) in [5.41, 5.74) is 4.93. The lowest BCUT2D eigenvalue weighted by Gasteiger charge is -2.29. The maximum atomic E-state index is 13.0. The van der Waals surface area contributed by atoms with Gasteiger partial charge in [-0.3, -0.25) is 19.7 Å². The van der Waals surface area contributed by atoms with Gasteiger partial charge in [-0.15, -0.1) is 0 Å². The van der Waals surface area contributed by atoms with Gasteiger partial charge < -0.3 is 19.7 Å². The molecule has 2 heterocycles. The number of nitrogens with zero attached hydrogens (tertiary/aromatic N) is 1. The van der Waals surface area contributed by atoms with Crippen LogP contribution in [0.15, 0.2) is 66.7 Å². The summed E-state index contributed by atoms with van der Waals surface area (Å²) in [5, 5.41) is 5.02. The van der Waals surface area contributed by atoms with Crippen molar-refractivity contribution >= 4 is 23.8 Å². The number of rotatable bonds is 7. The first-order valence-electron chi connectivity index (χ1n) is 12.3. The maximum Gasteiger partial charge on any atom is 0.407 e. The van der Waals surface area contributed by atoms with Gasteiger partial charge in [0.05, 0.1) is 7.11 Å². The van der Waals surface area contributed by atoms with E-state index in [1.165, 1.54) is 4.90 Å². The van der Waals surface area contributed by atoms with E-state index in [-0.39, 0.29) is 31.4 Å². The zero-order valence-electron chi connectivity index (χ0n) is 20.9. The number of amides is 4. The van der Waals surface area contributed by atoms with Crippen molar-refractivity contribution in [2.75, 3.05) is 7.11 Å². The van der Waals surface area contributed by atoms with Crippen LogP contribution in [0.2, 0.25) is 0 Å². The van der Waals surface area contributed by atoms with Crippen LogP contribution < -0.4 is 15.4 Å². The Hall–Kier alpha value is -4.66. The van der Waals surface area contributed by atoms with Crippen molar-refractivity contribution in [3.8, 4) is 16.9 Å². The number of hydrogen-bond acceptors (Lipinski definition) is 6. The van der Waals surface area contributed by atoms with Gasteiger partial charge >= 0.3 is 6.09 Å². The lowest BCUT2D eigenvalue weighted by atomic mass is 10.0. The molecular formula is C29H27N3O6. The molecule has 0 saturated carbocycles. The van der Waals surface area contributed by atoms with Crippen molar-refractivity contribution in [1.29, 1.82) is 0 Å². The third-order valence-electron chi connectivity index (χ3n) is 6.75. The number of carbonyl (C=O) groups is 4. The molecule has 2 N–H and O–H groups in total. The summed E-state index contributed by atoms with van der Waals surface area (Å²) in [6.07, 6.45) is -0.0513. The van der Waals surface area contributed by atoms with Gasteiger partial charge in [-0.05, 0) is 58.5 Å². The smallest absolute Gasteiger partial charge is 0.407 e. The van der Waals surface area contributed by atoms with Crippen LogP contribution in [0.3, 0.4) is 0 Å². The lowest BCUT2D eigenvalue weighted by molar-refractivity contribution is -0.136. The summed E-state index contributed by atoms with van der Waals surface area (Å²) in [4.78, 5) is 50.5. The molecular weight excluding hydrogens is 486 g/mol. The standard InChI is InChI=1S/C29H27N3O6/c1-37-23-9-7-20(8-10-23)21-4-2-3-19(13-21)17-38-29(36)30-15-18-5-6-22-16-32(28(35)24(22)14-18)25-11-12-26(33)31-27(25)34/h2-10,13-14,25H,11-12,15-17H2,1H3,(H,30,36)(H,31,33,34). The zero-order chi connectivity index (χ0) is 26.6. The van der Waals surface area contributed by atoms with E-state index in [9.17, 15) is 19.2 Å². The van der Waals surface area contributed by atoms with Crippen LogP contribution in [-0.2, 0) is 34.0 Å². The molecule has 0 aromatic heterocycles. The van der Waals surface area contributed by atoms with Gasteiger partial charge in [0.2, 0.25) is 11.8 Å². The highest BCUT2D eigenvalue weighted by atomic mass is 16.5. The Morgan fingerprint density at radius 1 is 1.00 bits per heavy atom. The molecule has 3 aromatic carbocycles. The van der Waals surface area contributed by atoms with Crippen LogP contribution in [0, 0.1) is 0 Å². The number of alkyl carbamates (subject to hydrolysis) is 1. The molecule has 0 bridgehead atoms. The molecule has 1 unspecified atom stereocenters. The van der Waals surface area contributed by atoms with Gasteiger partial charge in [0.15, 0.2) is 0 Å². The Balaban J connectivity index is 1.15. The van der Waals surface area contributed by atoms with E-state index in [0.717, 1.165) is 33.6 Å². The highest BCUT2D eigenvalue weighted by Gasteiger charge is 2.39. The van der Waals surface area contributed by atoms with E-state index < -0.39 is 18.0 Å². The molecule has 2 aliphatic rings. The summed E-state index contributed by atoms with van der Waals surface area (Å²) in [5.74, 6) is -0.234. The van der Waals surface area contributed by atoms with E-state index in [2.05, 4.69) is 10.6 Å². The topological polar surface area (TPSA) is 114 Å². The molecule has 3 aromatic rings. The zero-order valence-corrected chi connectivity index (χ0v) is 20.9. The molecule has 9 nitrogen and oxygen atoms in total. The van der Waals surface area contributed by atoms with E-state index >= 15 is 0 Å². The number of carbonyl (C=O) groups excluding carboxylic acids is 4. The Morgan fingerprint density at radius 2 is 1.82 bits per heavy atom. The summed E-state index contributed by atoms with van der Waals surface area (Å²) in [6.45, 7) is 0.606. The number of nitrogens with one attached hydrogen (secondary N) is 2. The lowest BCUT2D eigenvalue weighted by Crippen LogP contribution is -2.52. The Morgan fingerprint density at radius 3 is 2.58 bits per heavy atom. The first kappa shape index (κ1) is 25.0. The van der Waals surface area contributed by atoms with Crippen molar-refractivity contribution in [1.82, 2.24) is 15.5 Å². The summed E-state index contributed by atoms with van der Waals surface area (Å²) < 4.78 is 10.6. The van der Waals surface area contributed by atoms with Crippen molar-refractivity contribution < 1.29 is 28.7 Å². The number of fused-ring (bicyclic) bond motifs is 1. The van der Waals surface area contributed by atoms with Gasteiger partial charge in [-0.1, -0.05) is 42.5 Å². The second kappa shape index (κ2) is 10.8. The molecule has 9 heteroatoms. The molecule has 5 rings (SSSR count). The summed E-state index contributed by atoms with van der Waals surface area (Å²) >= 11 is 0. The molecule has 0 aliphatic carbocycles. The molecule has 1 saturated heterocycles. The summed E-state index contributed by atoms with van der Waals surface area (Å²) in [7, 11) is 1.62. The van der Waals surface area contributed by atoms with Crippen LogP contribution >= 0.6 is 0 Å². The van der Waals surface area contributed by atoms with Crippen molar-refractivity contribution in [3.63, 3.8) is 0 Å². The van der Waals surface area contributed by atoms with Crippen LogP contribution in [0.4, 0.5) is 4.79 Å². The van der Waals surface area contributed by atoms with Crippen molar-refractivity contribution in [2.45, 2.75) is 38.6 Å². The highest BCUT2D eigenvalue weighted by molar-refractivity contribution is 6.05. The molecule has 2 aliphatic heterocycles. The van der Waals surface area contributed by atoms with Crippen LogP contribution in [0.25, 0.3) is 11.1 Å². The number of hydrogen-bond donors (Lipinski definition) is 2. The second-order valence-corrected chi connectivity index (χ2v) is 9.25. The minimum absolute atomic E-state index is 0.111. The molecule has 0 radical (unpaired) electrons. The van der Waals surface area contributed by atoms with E-state index in [1.807, 2.05) is 60.7 Å². The Labute approximate surface area is 219 Å². The first-order chi connectivity index (χ1) is 18.4. The third kappa shape index (κ3) is 5.36. The number of ether oxygens (including phenoxy) is 2. The molecule has 4 amide bonds. The average Bonchev–Trinajstić information content (AvgIpc) is 3.26. The van der Waals surface area contributed by atoms with Gasteiger partial charge in [0, 0.05) is 25.1 Å². The first-order valence-corrected chi connectivity index (χ1v) is 12.3. The summed E-state index contributed by atoms with van der Waals surface area (Å²) in [6, 6.07) is 20.2. The number of benzene rings is 3. The van der Waals surface area contributed by atoms with Crippen LogP contribution in [0.1, 0.15) is 39.9 Å². The third-order valence-corrected chi connectivity index (χ3v) is 6.75. The fourth-order valence-electron chi connectivity index (χ4n) is 4.71. The highest BCUT2D eigenvalue weighted by Crippen LogP contribution is 2.28. The average molecular weight is 514 g/mol. The normalized spacial score (nSPS) is 16.6.